The SMILES string of the molecule is COc1ccc2ncc(F)c(CCN(CC(=O)O)C3(C(=O)O)CCN(C/C=C/c4cc(F)ccc4F)C3)c2c1. The Balaban J connectivity index is 1.55. The summed E-state index contributed by atoms with van der Waals surface area (Å²) in [6, 6.07) is 8.11. The van der Waals surface area contributed by atoms with Crippen LogP contribution >= 0.6 is 0 Å². The highest BCUT2D eigenvalue weighted by molar-refractivity contribution is 5.84. The third-order valence-corrected chi connectivity index (χ3v) is 7.04. The molecule has 1 aliphatic rings. The largest absolute Gasteiger partial charge is 0.497 e. The molecule has 0 aliphatic carbocycles. The Morgan fingerprint density at radius 3 is 2.67 bits per heavy atom. The van der Waals surface area contributed by atoms with Crippen LogP contribution in [0.25, 0.3) is 17.0 Å². The standard InChI is InChI=1S/C28H28F3N3O5/c1-39-20-5-7-25-22(14-20)21(24(31)15-32-25)8-11-34(16-26(35)36)28(27(37)38)9-12-33(17-28)10-2-3-18-13-19(29)4-6-23(18)30/h2-7,13-15H,8-12,16-17H2,1H3,(H,35,36)(H,37,38)/b3-2+. The molecule has 1 saturated heterocycles. The normalized spacial score (nSPS) is 17.9. The molecule has 0 saturated carbocycles. The van der Waals surface area contributed by atoms with E-state index in [4.69, 9.17) is 4.74 Å². The predicted octanol–water partition coefficient (Wildman–Crippen LogP) is 3.83. The fourth-order valence-electron chi connectivity index (χ4n) is 5.00. The van der Waals surface area contributed by atoms with Gasteiger partial charge in [0.1, 0.15) is 28.7 Å². The number of methoxy groups -OCH3 is 1. The number of pyridine rings is 1. The van der Waals surface area contributed by atoms with Gasteiger partial charge in [0.25, 0.3) is 0 Å². The summed E-state index contributed by atoms with van der Waals surface area (Å²) >= 11 is 0. The lowest BCUT2D eigenvalue weighted by molar-refractivity contribution is -0.153. The number of fused-ring (bicyclic) bond motifs is 1. The molecule has 1 atom stereocenters. The highest BCUT2D eigenvalue weighted by Crippen LogP contribution is 2.31. The molecule has 1 fully saturated rings. The monoisotopic (exact) mass is 543 g/mol. The minimum atomic E-state index is -1.53. The first-order valence-corrected chi connectivity index (χ1v) is 12.3. The maximum atomic E-state index is 14.9. The van der Waals surface area contributed by atoms with Gasteiger partial charge in [-0.15, -0.1) is 0 Å². The molecular weight excluding hydrogens is 515 g/mol. The van der Waals surface area contributed by atoms with Crippen molar-refractivity contribution in [3.05, 3.63) is 77.2 Å². The first kappa shape index (κ1) is 28.1. The van der Waals surface area contributed by atoms with Gasteiger partial charge in [0.05, 0.1) is 25.4 Å². The number of nitrogens with zero attached hydrogens (tertiary/aromatic N) is 3. The number of carboxylic acids is 2. The van der Waals surface area contributed by atoms with E-state index in [-0.39, 0.29) is 43.6 Å². The molecule has 2 N–H and O–H groups in total. The van der Waals surface area contributed by atoms with Gasteiger partial charge in [0, 0.05) is 42.7 Å². The number of aliphatic carboxylic acids is 2. The molecule has 0 bridgehead atoms. The Hall–Kier alpha value is -3.96. The number of hydrogen-bond acceptors (Lipinski definition) is 6. The van der Waals surface area contributed by atoms with Crippen molar-refractivity contribution in [1.29, 1.82) is 0 Å². The molecule has 2 heterocycles. The summed E-state index contributed by atoms with van der Waals surface area (Å²) in [5.41, 5.74) is -0.662. The van der Waals surface area contributed by atoms with Gasteiger partial charge in [-0.1, -0.05) is 12.2 Å². The van der Waals surface area contributed by atoms with Crippen LogP contribution in [0.15, 0.2) is 48.7 Å². The van der Waals surface area contributed by atoms with Crippen LogP contribution in [0.4, 0.5) is 13.2 Å². The van der Waals surface area contributed by atoms with Gasteiger partial charge < -0.3 is 14.9 Å². The van der Waals surface area contributed by atoms with Crippen LogP contribution in [0.3, 0.4) is 0 Å². The lowest BCUT2D eigenvalue weighted by Gasteiger charge is -2.37. The van der Waals surface area contributed by atoms with Crippen LogP contribution < -0.4 is 4.74 Å². The number of benzene rings is 2. The lowest BCUT2D eigenvalue weighted by Crippen LogP contribution is -2.58. The maximum Gasteiger partial charge on any atom is 0.325 e. The van der Waals surface area contributed by atoms with Crippen molar-refractivity contribution in [2.75, 3.05) is 39.8 Å². The number of halogens is 3. The van der Waals surface area contributed by atoms with Gasteiger partial charge in [0.15, 0.2) is 0 Å². The van der Waals surface area contributed by atoms with Gasteiger partial charge in [-0.3, -0.25) is 24.4 Å². The zero-order valence-electron chi connectivity index (χ0n) is 21.2. The van der Waals surface area contributed by atoms with Crippen LogP contribution in [0.2, 0.25) is 0 Å². The summed E-state index contributed by atoms with van der Waals surface area (Å²) in [6.07, 6.45) is 4.27. The molecule has 2 aromatic carbocycles. The van der Waals surface area contributed by atoms with Crippen molar-refractivity contribution < 1.29 is 37.7 Å². The van der Waals surface area contributed by atoms with Crippen molar-refractivity contribution in [2.45, 2.75) is 18.4 Å². The highest BCUT2D eigenvalue weighted by Gasteiger charge is 2.49. The van der Waals surface area contributed by atoms with E-state index in [2.05, 4.69) is 4.98 Å². The first-order chi connectivity index (χ1) is 18.6. The Morgan fingerprint density at radius 1 is 1.15 bits per heavy atom. The Labute approximate surface area is 222 Å². The molecule has 0 radical (unpaired) electrons. The third-order valence-electron chi connectivity index (χ3n) is 7.04. The number of aromatic nitrogens is 1. The van der Waals surface area contributed by atoms with Crippen LogP contribution in [0.5, 0.6) is 5.75 Å². The molecule has 11 heteroatoms. The zero-order valence-corrected chi connectivity index (χ0v) is 21.2. The quantitative estimate of drug-likeness (QED) is 0.376. The molecule has 4 rings (SSSR count). The van der Waals surface area contributed by atoms with Gasteiger partial charge in [-0.25, -0.2) is 13.2 Å². The van der Waals surface area contributed by atoms with Crippen molar-refractivity contribution in [1.82, 2.24) is 14.8 Å². The van der Waals surface area contributed by atoms with E-state index < -0.39 is 41.5 Å². The number of hydrogen-bond donors (Lipinski definition) is 2. The van der Waals surface area contributed by atoms with E-state index in [1.165, 1.54) is 18.1 Å². The summed E-state index contributed by atoms with van der Waals surface area (Å²) in [6.45, 7) is -0.0150. The topological polar surface area (TPSA) is 103 Å². The molecule has 8 nitrogen and oxygen atoms in total. The fraction of sp³-hybridized carbons (Fsp3) is 0.321. The summed E-state index contributed by atoms with van der Waals surface area (Å²) in [7, 11) is 1.48. The highest BCUT2D eigenvalue weighted by atomic mass is 19.1. The summed E-state index contributed by atoms with van der Waals surface area (Å²) in [5.74, 6) is -3.65. The van der Waals surface area contributed by atoms with E-state index in [0.29, 0.717) is 23.2 Å². The van der Waals surface area contributed by atoms with Crippen molar-refractivity contribution in [3.63, 3.8) is 0 Å². The maximum absolute atomic E-state index is 14.9. The third kappa shape index (κ3) is 6.21. The van der Waals surface area contributed by atoms with Crippen LogP contribution in [0, 0.1) is 17.5 Å². The van der Waals surface area contributed by atoms with E-state index in [1.807, 2.05) is 0 Å². The minimum Gasteiger partial charge on any atom is -0.497 e. The zero-order chi connectivity index (χ0) is 28.2. The number of carbonyl (C=O) groups is 2. The number of rotatable bonds is 11. The van der Waals surface area contributed by atoms with Gasteiger partial charge in [0.2, 0.25) is 0 Å². The van der Waals surface area contributed by atoms with Crippen LogP contribution in [-0.2, 0) is 16.0 Å². The Bertz CT molecular complexity index is 1420. The van der Waals surface area contributed by atoms with Crippen molar-refractivity contribution in [3.8, 4) is 5.75 Å². The van der Waals surface area contributed by atoms with Crippen LogP contribution in [0.1, 0.15) is 17.5 Å². The van der Waals surface area contributed by atoms with E-state index >= 15 is 0 Å². The lowest BCUT2D eigenvalue weighted by atomic mass is 9.94. The minimum absolute atomic E-state index is 0.00101. The molecule has 3 aromatic rings. The second-order valence-electron chi connectivity index (χ2n) is 9.42. The summed E-state index contributed by atoms with van der Waals surface area (Å²) in [5, 5.41) is 20.3. The average molecular weight is 544 g/mol. The van der Waals surface area contributed by atoms with Gasteiger partial charge in [-0.2, -0.15) is 0 Å². The van der Waals surface area contributed by atoms with E-state index in [0.717, 1.165) is 24.4 Å². The molecule has 0 spiro atoms. The number of likely N-dealkylation sites (tertiary alicyclic amines) is 1. The molecule has 1 aromatic heterocycles. The second kappa shape index (κ2) is 11.8. The molecule has 0 amide bonds. The van der Waals surface area contributed by atoms with Crippen molar-refractivity contribution >= 4 is 28.9 Å². The molecule has 206 valence electrons. The fourth-order valence-corrected chi connectivity index (χ4v) is 5.00. The first-order valence-electron chi connectivity index (χ1n) is 12.3. The second-order valence-corrected chi connectivity index (χ2v) is 9.42. The average Bonchev–Trinajstić information content (AvgIpc) is 3.34. The summed E-state index contributed by atoms with van der Waals surface area (Å²) in [4.78, 5) is 31.6. The van der Waals surface area contributed by atoms with Crippen LogP contribution in [-0.4, -0.2) is 82.3 Å². The van der Waals surface area contributed by atoms with Gasteiger partial charge in [-0.05, 0) is 49.2 Å². The molecule has 39 heavy (non-hydrogen) atoms. The Kier molecular flexibility index (Phi) is 8.51. The smallest absolute Gasteiger partial charge is 0.325 e. The number of carboxylic acid groups (broad SMARTS) is 2. The Morgan fingerprint density at radius 2 is 1.95 bits per heavy atom. The molecule has 1 aliphatic heterocycles. The van der Waals surface area contributed by atoms with Crippen molar-refractivity contribution in [2.24, 2.45) is 0 Å². The van der Waals surface area contributed by atoms with E-state index in [1.54, 1.807) is 29.2 Å². The molecular formula is C28H28F3N3O5. The summed E-state index contributed by atoms with van der Waals surface area (Å²) < 4.78 is 47.5. The van der Waals surface area contributed by atoms with E-state index in [9.17, 15) is 33.0 Å². The predicted molar refractivity (Wildman–Crippen MR) is 138 cm³/mol. The van der Waals surface area contributed by atoms with Gasteiger partial charge >= 0.3 is 11.9 Å². The number of ether oxygens (including phenoxy) is 1. The molecule has 1 unspecified atom stereocenters.